The zero-order chi connectivity index (χ0) is 13.7. The van der Waals surface area contributed by atoms with Crippen molar-refractivity contribution in [2.75, 3.05) is 5.73 Å². The highest BCUT2D eigenvalue weighted by atomic mass is 16.5. The summed E-state index contributed by atoms with van der Waals surface area (Å²) in [7, 11) is 0. The summed E-state index contributed by atoms with van der Waals surface area (Å²) in [6.45, 7) is 0.145. The minimum absolute atomic E-state index is 0.145. The molecular formula is C15H15NO3. The van der Waals surface area contributed by atoms with Crippen molar-refractivity contribution >= 4 is 11.7 Å². The van der Waals surface area contributed by atoms with Gasteiger partial charge >= 0.3 is 5.97 Å². The summed E-state index contributed by atoms with van der Waals surface area (Å²) in [5, 5.41) is 9.84. The van der Waals surface area contributed by atoms with E-state index in [0.29, 0.717) is 11.3 Å². The van der Waals surface area contributed by atoms with Crippen molar-refractivity contribution in [2.24, 2.45) is 0 Å². The lowest BCUT2D eigenvalue weighted by Gasteiger charge is -2.11. The average molecular weight is 257 g/mol. The SMILES string of the molecule is Nc1ccc([C@@H](O)C(=O)OCc2ccccc2)cc1. The number of benzene rings is 2. The molecule has 2 aromatic rings. The fourth-order valence-corrected chi connectivity index (χ4v) is 1.62. The summed E-state index contributed by atoms with van der Waals surface area (Å²) in [4.78, 5) is 11.7. The Morgan fingerprint density at radius 3 is 2.37 bits per heavy atom. The number of esters is 1. The van der Waals surface area contributed by atoms with E-state index in [4.69, 9.17) is 10.5 Å². The third-order valence-corrected chi connectivity index (χ3v) is 2.70. The number of nitrogen functional groups attached to an aromatic ring is 1. The number of aliphatic hydroxyl groups is 1. The van der Waals surface area contributed by atoms with Crippen LogP contribution in [0, 0.1) is 0 Å². The van der Waals surface area contributed by atoms with Gasteiger partial charge in [0.2, 0.25) is 0 Å². The molecule has 0 fully saturated rings. The molecule has 0 spiro atoms. The number of carbonyl (C=O) groups excluding carboxylic acids is 1. The van der Waals surface area contributed by atoms with E-state index < -0.39 is 12.1 Å². The molecule has 19 heavy (non-hydrogen) atoms. The summed E-state index contributed by atoms with van der Waals surface area (Å²) in [5.41, 5.74) is 7.46. The largest absolute Gasteiger partial charge is 0.459 e. The molecule has 2 rings (SSSR count). The molecule has 2 aromatic carbocycles. The lowest BCUT2D eigenvalue weighted by molar-refractivity contribution is -0.155. The first kappa shape index (κ1) is 13.1. The van der Waals surface area contributed by atoms with Gasteiger partial charge in [-0.3, -0.25) is 0 Å². The van der Waals surface area contributed by atoms with Crippen molar-refractivity contribution in [3.8, 4) is 0 Å². The molecule has 0 bridgehead atoms. The minimum atomic E-state index is -1.29. The molecule has 4 nitrogen and oxygen atoms in total. The molecule has 0 heterocycles. The highest BCUT2D eigenvalue weighted by molar-refractivity contribution is 5.76. The Morgan fingerprint density at radius 1 is 1.11 bits per heavy atom. The Balaban J connectivity index is 1.94. The molecule has 0 aromatic heterocycles. The highest BCUT2D eigenvalue weighted by Crippen LogP contribution is 2.16. The van der Waals surface area contributed by atoms with Crippen LogP contribution in [0.25, 0.3) is 0 Å². The Kier molecular flexibility index (Phi) is 4.15. The number of carbonyl (C=O) groups is 1. The Labute approximate surface area is 111 Å². The predicted molar refractivity (Wildman–Crippen MR) is 72.1 cm³/mol. The molecule has 0 saturated carbocycles. The number of nitrogens with two attached hydrogens (primary N) is 1. The zero-order valence-corrected chi connectivity index (χ0v) is 10.3. The van der Waals surface area contributed by atoms with Gasteiger partial charge in [0, 0.05) is 5.69 Å². The third-order valence-electron chi connectivity index (χ3n) is 2.70. The van der Waals surface area contributed by atoms with Crippen LogP contribution in [-0.2, 0) is 16.1 Å². The molecule has 3 N–H and O–H groups in total. The first-order valence-electron chi connectivity index (χ1n) is 5.91. The molecule has 0 radical (unpaired) electrons. The number of ether oxygens (including phenoxy) is 1. The van der Waals surface area contributed by atoms with E-state index in [1.54, 1.807) is 24.3 Å². The smallest absolute Gasteiger partial charge is 0.339 e. The predicted octanol–water partition coefficient (Wildman–Crippen LogP) is 2.05. The third kappa shape index (κ3) is 3.56. The van der Waals surface area contributed by atoms with Gasteiger partial charge in [-0.2, -0.15) is 0 Å². The maximum Gasteiger partial charge on any atom is 0.339 e. The molecule has 4 heteroatoms. The molecule has 0 aliphatic rings. The van der Waals surface area contributed by atoms with Crippen LogP contribution in [0.4, 0.5) is 5.69 Å². The van der Waals surface area contributed by atoms with Crippen molar-refractivity contribution in [3.63, 3.8) is 0 Å². The second-order valence-corrected chi connectivity index (χ2v) is 4.16. The minimum Gasteiger partial charge on any atom is -0.459 e. The summed E-state index contributed by atoms with van der Waals surface area (Å²) < 4.78 is 5.05. The molecular weight excluding hydrogens is 242 g/mol. The first-order chi connectivity index (χ1) is 9.16. The average Bonchev–Trinajstić information content (AvgIpc) is 2.46. The normalized spacial score (nSPS) is 11.8. The fraction of sp³-hybridized carbons (Fsp3) is 0.133. The number of aliphatic hydroxyl groups excluding tert-OH is 1. The van der Waals surface area contributed by atoms with Gasteiger partial charge in [-0.05, 0) is 23.3 Å². The second kappa shape index (κ2) is 6.02. The zero-order valence-electron chi connectivity index (χ0n) is 10.3. The van der Waals surface area contributed by atoms with Crippen LogP contribution >= 0.6 is 0 Å². The number of hydrogen-bond acceptors (Lipinski definition) is 4. The molecule has 1 atom stereocenters. The van der Waals surface area contributed by atoms with Gasteiger partial charge in [-0.25, -0.2) is 4.79 Å². The van der Waals surface area contributed by atoms with E-state index in [-0.39, 0.29) is 6.61 Å². The van der Waals surface area contributed by atoms with E-state index in [0.717, 1.165) is 5.56 Å². The lowest BCUT2D eigenvalue weighted by Crippen LogP contribution is -2.15. The van der Waals surface area contributed by atoms with Crippen molar-refractivity contribution < 1.29 is 14.6 Å². The van der Waals surface area contributed by atoms with E-state index in [9.17, 15) is 9.90 Å². The maximum atomic E-state index is 11.7. The fourth-order valence-electron chi connectivity index (χ4n) is 1.62. The summed E-state index contributed by atoms with van der Waals surface area (Å²) in [5.74, 6) is -0.673. The molecule has 0 aliphatic carbocycles. The van der Waals surface area contributed by atoms with Crippen molar-refractivity contribution in [1.29, 1.82) is 0 Å². The van der Waals surface area contributed by atoms with Crippen LogP contribution in [0.15, 0.2) is 54.6 Å². The van der Waals surface area contributed by atoms with Crippen molar-refractivity contribution in [1.82, 2.24) is 0 Å². The van der Waals surface area contributed by atoms with Crippen molar-refractivity contribution in [2.45, 2.75) is 12.7 Å². The first-order valence-corrected chi connectivity index (χ1v) is 5.91. The van der Waals surface area contributed by atoms with E-state index in [1.807, 2.05) is 30.3 Å². The monoisotopic (exact) mass is 257 g/mol. The van der Waals surface area contributed by atoms with Gasteiger partial charge in [0.15, 0.2) is 6.10 Å². The maximum absolute atomic E-state index is 11.7. The molecule has 0 aliphatic heterocycles. The standard InChI is InChI=1S/C15H15NO3/c16-13-8-6-12(7-9-13)14(17)15(18)19-10-11-4-2-1-3-5-11/h1-9,14,17H,10,16H2/t14-/m1/s1. The van der Waals surface area contributed by atoms with Gasteiger partial charge in [-0.15, -0.1) is 0 Å². The highest BCUT2D eigenvalue weighted by Gasteiger charge is 2.18. The Hall–Kier alpha value is -2.33. The number of hydrogen-bond donors (Lipinski definition) is 2. The van der Waals surface area contributed by atoms with Gasteiger partial charge in [0.1, 0.15) is 6.61 Å². The van der Waals surface area contributed by atoms with Crippen LogP contribution in [0.2, 0.25) is 0 Å². The quantitative estimate of drug-likeness (QED) is 0.649. The topological polar surface area (TPSA) is 72.5 Å². The Morgan fingerprint density at radius 2 is 1.74 bits per heavy atom. The molecule has 0 amide bonds. The van der Waals surface area contributed by atoms with Crippen LogP contribution in [-0.4, -0.2) is 11.1 Å². The van der Waals surface area contributed by atoms with Crippen LogP contribution in [0.3, 0.4) is 0 Å². The van der Waals surface area contributed by atoms with E-state index in [1.165, 1.54) is 0 Å². The lowest BCUT2D eigenvalue weighted by atomic mass is 10.1. The van der Waals surface area contributed by atoms with Gasteiger partial charge < -0.3 is 15.6 Å². The molecule has 0 saturated heterocycles. The van der Waals surface area contributed by atoms with Crippen LogP contribution < -0.4 is 5.73 Å². The Bertz CT molecular complexity index is 537. The van der Waals surface area contributed by atoms with Crippen LogP contribution in [0.1, 0.15) is 17.2 Å². The van der Waals surface area contributed by atoms with Gasteiger partial charge in [0.05, 0.1) is 0 Å². The van der Waals surface area contributed by atoms with Gasteiger partial charge in [-0.1, -0.05) is 42.5 Å². The van der Waals surface area contributed by atoms with Crippen molar-refractivity contribution in [3.05, 3.63) is 65.7 Å². The summed E-state index contributed by atoms with van der Waals surface area (Å²) in [6.07, 6.45) is -1.29. The van der Waals surface area contributed by atoms with E-state index >= 15 is 0 Å². The molecule has 98 valence electrons. The number of rotatable bonds is 4. The summed E-state index contributed by atoms with van der Waals surface area (Å²) in [6, 6.07) is 15.8. The van der Waals surface area contributed by atoms with Gasteiger partial charge in [0.25, 0.3) is 0 Å². The van der Waals surface area contributed by atoms with E-state index in [2.05, 4.69) is 0 Å². The number of anilines is 1. The summed E-state index contributed by atoms with van der Waals surface area (Å²) >= 11 is 0. The van der Waals surface area contributed by atoms with Crippen LogP contribution in [0.5, 0.6) is 0 Å². The second-order valence-electron chi connectivity index (χ2n) is 4.16. The molecule has 0 unspecified atom stereocenters.